The summed E-state index contributed by atoms with van der Waals surface area (Å²) in [7, 11) is 0. The minimum absolute atomic E-state index is 0.118. The van der Waals surface area contributed by atoms with E-state index in [2.05, 4.69) is 19.6 Å². The number of morpholine rings is 1. The second-order valence-corrected chi connectivity index (χ2v) is 7.88. The Hall–Kier alpha value is -2.66. The molecule has 0 radical (unpaired) electrons. The Morgan fingerprint density at radius 3 is 2.84 bits per heavy atom. The van der Waals surface area contributed by atoms with E-state index in [0.29, 0.717) is 43.9 Å². The first-order valence-corrected chi connectivity index (χ1v) is 11.1. The average molecular weight is 447 g/mol. The van der Waals surface area contributed by atoms with Gasteiger partial charge < -0.3 is 14.4 Å². The SMILES string of the molecule is O=S(O)NCCCc1ccc(F)c(Oc2ccc3ncc(N4CCOCC4)nc3c2)c1. The molecular formula is C21H23FN4O4S. The van der Waals surface area contributed by atoms with Crippen LogP contribution in [0.4, 0.5) is 10.2 Å². The average Bonchev–Trinajstić information content (AvgIpc) is 2.79. The molecule has 1 unspecified atom stereocenters. The Kier molecular flexibility index (Phi) is 7.03. The highest BCUT2D eigenvalue weighted by molar-refractivity contribution is 7.77. The van der Waals surface area contributed by atoms with Gasteiger partial charge in [0.05, 0.1) is 30.4 Å². The number of hydrogen-bond donors (Lipinski definition) is 2. The lowest BCUT2D eigenvalue weighted by Crippen LogP contribution is -2.36. The predicted molar refractivity (Wildman–Crippen MR) is 116 cm³/mol. The van der Waals surface area contributed by atoms with E-state index in [0.717, 1.165) is 30.0 Å². The van der Waals surface area contributed by atoms with Gasteiger partial charge in [-0.2, -0.15) is 0 Å². The fourth-order valence-electron chi connectivity index (χ4n) is 3.35. The standard InChI is InChI=1S/C21H23FN4O4S/c22-17-5-3-15(2-1-7-24-31(27)28)12-20(17)30-16-4-6-18-19(13-16)25-21(14-23-18)26-8-10-29-11-9-26/h3-6,12-14,24H,1-2,7-11H2,(H,27,28). The Labute approximate surface area is 181 Å². The van der Waals surface area contributed by atoms with E-state index in [1.54, 1.807) is 36.5 Å². The molecule has 2 N–H and O–H groups in total. The van der Waals surface area contributed by atoms with Crippen molar-refractivity contribution in [1.29, 1.82) is 0 Å². The van der Waals surface area contributed by atoms with Crippen LogP contribution >= 0.6 is 0 Å². The molecule has 1 atom stereocenters. The summed E-state index contributed by atoms with van der Waals surface area (Å²) in [6.07, 6.45) is 3.00. The maximum absolute atomic E-state index is 14.3. The molecule has 0 amide bonds. The van der Waals surface area contributed by atoms with Crippen LogP contribution in [0.15, 0.2) is 42.6 Å². The Morgan fingerprint density at radius 2 is 2.03 bits per heavy atom. The van der Waals surface area contributed by atoms with Gasteiger partial charge in [-0.25, -0.2) is 18.3 Å². The number of aryl methyl sites for hydroxylation is 1. The molecule has 164 valence electrons. The maximum Gasteiger partial charge on any atom is 0.231 e. The van der Waals surface area contributed by atoms with E-state index in [-0.39, 0.29) is 5.75 Å². The molecule has 0 aliphatic carbocycles. The van der Waals surface area contributed by atoms with Gasteiger partial charge in [-0.1, -0.05) is 6.07 Å². The molecule has 1 aliphatic heterocycles. The summed E-state index contributed by atoms with van der Waals surface area (Å²) in [4.78, 5) is 11.3. The first-order chi connectivity index (χ1) is 15.1. The fourth-order valence-corrected chi connectivity index (χ4v) is 3.67. The van der Waals surface area contributed by atoms with Crippen LogP contribution in [0.25, 0.3) is 11.0 Å². The summed E-state index contributed by atoms with van der Waals surface area (Å²) < 4.78 is 47.3. The van der Waals surface area contributed by atoms with Crippen LogP contribution in [0.3, 0.4) is 0 Å². The van der Waals surface area contributed by atoms with Gasteiger partial charge in [0, 0.05) is 25.7 Å². The predicted octanol–water partition coefficient (Wildman–Crippen LogP) is 3.06. The van der Waals surface area contributed by atoms with E-state index in [4.69, 9.17) is 14.0 Å². The smallest absolute Gasteiger partial charge is 0.231 e. The number of halogens is 1. The summed E-state index contributed by atoms with van der Waals surface area (Å²) in [5, 5.41) is 0. The zero-order valence-corrected chi connectivity index (χ0v) is 17.6. The van der Waals surface area contributed by atoms with E-state index in [1.165, 1.54) is 6.07 Å². The van der Waals surface area contributed by atoms with Crippen LogP contribution in [0, 0.1) is 5.82 Å². The first kappa shape index (κ1) is 21.6. The summed E-state index contributed by atoms with van der Waals surface area (Å²) in [5.41, 5.74) is 2.27. The number of hydrogen-bond acceptors (Lipinski definition) is 6. The lowest BCUT2D eigenvalue weighted by atomic mass is 10.1. The van der Waals surface area contributed by atoms with Gasteiger partial charge in [-0.15, -0.1) is 0 Å². The normalized spacial score (nSPS) is 15.2. The monoisotopic (exact) mass is 446 g/mol. The largest absolute Gasteiger partial charge is 0.454 e. The fraction of sp³-hybridized carbons (Fsp3) is 0.333. The Morgan fingerprint density at radius 1 is 1.19 bits per heavy atom. The van der Waals surface area contributed by atoms with Crippen LogP contribution in [-0.2, 0) is 22.4 Å². The van der Waals surface area contributed by atoms with Crippen molar-refractivity contribution in [2.24, 2.45) is 0 Å². The van der Waals surface area contributed by atoms with Gasteiger partial charge in [0.15, 0.2) is 11.6 Å². The number of nitrogens with zero attached hydrogens (tertiary/aromatic N) is 3. The molecule has 1 fully saturated rings. The molecule has 1 aromatic heterocycles. The molecule has 1 saturated heterocycles. The van der Waals surface area contributed by atoms with Crippen LogP contribution in [-0.4, -0.2) is 51.6 Å². The third kappa shape index (κ3) is 5.73. The molecule has 0 saturated carbocycles. The van der Waals surface area contributed by atoms with Gasteiger partial charge in [0.1, 0.15) is 11.6 Å². The molecule has 10 heteroatoms. The summed E-state index contributed by atoms with van der Waals surface area (Å²) in [6.45, 7) is 3.22. The molecule has 2 aromatic carbocycles. The number of ether oxygens (including phenoxy) is 2. The highest BCUT2D eigenvalue weighted by Crippen LogP contribution is 2.28. The second-order valence-electron chi connectivity index (χ2n) is 7.09. The molecule has 2 heterocycles. The van der Waals surface area contributed by atoms with Crippen molar-refractivity contribution < 1.29 is 22.6 Å². The summed E-state index contributed by atoms with van der Waals surface area (Å²) in [5.74, 6) is 0.896. The number of nitrogens with one attached hydrogen (secondary N) is 1. The highest BCUT2D eigenvalue weighted by atomic mass is 32.2. The Bertz CT molecular complexity index is 1080. The number of fused-ring (bicyclic) bond motifs is 1. The number of rotatable bonds is 8. The van der Waals surface area contributed by atoms with E-state index in [9.17, 15) is 8.60 Å². The minimum atomic E-state index is -2.03. The second kappa shape index (κ2) is 10.1. The van der Waals surface area contributed by atoms with Crippen molar-refractivity contribution in [2.75, 3.05) is 37.7 Å². The van der Waals surface area contributed by atoms with Crippen LogP contribution in [0.2, 0.25) is 0 Å². The molecule has 3 aromatic rings. The molecule has 31 heavy (non-hydrogen) atoms. The minimum Gasteiger partial charge on any atom is -0.454 e. The molecule has 1 aliphatic rings. The van der Waals surface area contributed by atoms with Crippen molar-refractivity contribution in [3.63, 3.8) is 0 Å². The molecular weight excluding hydrogens is 423 g/mol. The molecule has 4 rings (SSSR count). The third-order valence-corrected chi connectivity index (χ3v) is 5.38. The highest BCUT2D eigenvalue weighted by Gasteiger charge is 2.14. The molecule has 8 nitrogen and oxygen atoms in total. The van der Waals surface area contributed by atoms with Crippen molar-refractivity contribution in [3.8, 4) is 11.5 Å². The summed E-state index contributed by atoms with van der Waals surface area (Å²) >= 11 is -2.03. The number of anilines is 1. The van der Waals surface area contributed by atoms with Crippen molar-refractivity contribution in [3.05, 3.63) is 54.0 Å². The van der Waals surface area contributed by atoms with Crippen molar-refractivity contribution >= 4 is 28.1 Å². The van der Waals surface area contributed by atoms with Gasteiger partial charge >= 0.3 is 0 Å². The third-order valence-electron chi connectivity index (χ3n) is 4.93. The maximum atomic E-state index is 14.3. The molecule has 0 spiro atoms. The number of aromatic nitrogens is 2. The van der Waals surface area contributed by atoms with Crippen LogP contribution in [0.5, 0.6) is 11.5 Å². The Balaban J connectivity index is 1.49. The zero-order valence-electron chi connectivity index (χ0n) is 16.8. The van der Waals surface area contributed by atoms with Gasteiger partial charge in [0.2, 0.25) is 11.3 Å². The number of benzene rings is 2. The quantitative estimate of drug-likeness (QED) is 0.405. The molecule has 0 bridgehead atoms. The van der Waals surface area contributed by atoms with Crippen molar-refractivity contribution in [1.82, 2.24) is 14.7 Å². The van der Waals surface area contributed by atoms with Gasteiger partial charge in [0.25, 0.3) is 0 Å². The van der Waals surface area contributed by atoms with E-state index < -0.39 is 17.1 Å². The van der Waals surface area contributed by atoms with E-state index >= 15 is 0 Å². The van der Waals surface area contributed by atoms with E-state index in [1.807, 2.05) is 0 Å². The first-order valence-electron chi connectivity index (χ1n) is 9.98. The zero-order chi connectivity index (χ0) is 21.6. The topological polar surface area (TPSA) is 96.8 Å². The van der Waals surface area contributed by atoms with Crippen LogP contribution in [0.1, 0.15) is 12.0 Å². The van der Waals surface area contributed by atoms with Gasteiger partial charge in [-0.3, -0.25) is 9.54 Å². The van der Waals surface area contributed by atoms with Crippen molar-refractivity contribution in [2.45, 2.75) is 12.8 Å². The summed E-state index contributed by atoms with van der Waals surface area (Å²) in [6, 6.07) is 9.96. The lowest BCUT2D eigenvalue weighted by Gasteiger charge is -2.27. The van der Waals surface area contributed by atoms with Gasteiger partial charge in [-0.05, 0) is 42.7 Å². The van der Waals surface area contributed by atoms with Crippen LogP contribution < -0.4 is 14.4 Å². The lowest BCUT2D eigenvalue weighted by molar-refractivity contribution is 0.122.